The fourth-order valence-corrected chi connectivity index (χ4v) is 1.40. The molecule has 0 bridgehead atoms. The van der Waals surface area contributed by atoms with Crippen molar-refractivity contribution >= 4 is 11.9 Å². The zero-order valence-corrected chi connectivity index (χ0v) is 8.53. The normalized spacial score (nSPS) is 11.6. The summed E-state index contributed by atoms with van der Waals surface area (Å²) in [4.78, 5) is 21.3. The summed E-state index contributed by atoms with van der Waals surface area (Å²) in [5.41, 5.74) is -2.62. The van der Waals surface area contributed by atoms with Crippen LogP contribution in [-0.4, -0.2) is 22.2 Å². The number of rotatable bonds is 3. The van der Waals surface area contributed by atoms with Gasteiger partial charge in [0.2, 0.25) is 0 Å². The first-order chi connectivity index (χ1) is 8.14. The Hall–Kier alpha value is -2.12. The van der Waals surface area contributed by atoms with Crippen LogP contribution < -0.4 is 0 Å². The molecule has 0 spiro atoms. The summed E-state index contributed by atoms with van der Waals surface area (Å²) in [6, 6.07) is 1.05. The Morgan fingerprint density at radius 3 is 2.00 bits per heavy atom. The molecule has 1 aromatic carbocycles. The van der Waals surface area contributed by atoms with E-state index in [0.717, 1.165) is 0 Å². The molecule has 0 radical (unpaired) electrons. The van der Waals surface area contributed by atoms with E-state index in [0.29, 0.717) is 12.1 Å². The van der Waals surface area contributed by atoms with Gasteiger partial charge in [0.05, 0.1) is 5.56 Å². The lowest BCUT2D eigenvalue weighted by molar-refractivity contribution is -0.151. The molecule has 1 rings (SSSR count). The van der Waals surface area contributed by atoms with Gasteiger partial charge in [-0.25, -0.2) is 4.39 Å². The third-order valence-electron chi connectivity index (χ3n) is 2.12. The topological polar surface area (TPSA) is 74.6 Å². The van der Waals surface area contributed by atoms with Crippen molar-refractivity contribution in [3.8, 4) is 0 Å². The van der Waals surface area contributed by atoms with Crippen LogP contribution in [0.3, 0.4) is 0 Å². The minimum atomic E-state index is -4.97. The molecule has 0 heterocycles. The molecule has 0 atom stereocenters. The summed E-state index contributed by atoms with van der Waals surface area (Å²) in [6.45, 7) is 0. The average molecular weight is 266 g/mol. The first kappa shape index (κ1) is 13.9. The van der Waals surface area contributed by atoms with Crippen LogP contribution in [0, 0.1) is 5.82 Å². The van der Waals surface area contributed by atoms with Gasteiger partial charge in [0.15, 0.2) is 5.92 Å². The van der Waals surface area contributed by atoms with E-state index in [2.05, 4.69) is 0 Å². The Labute approximate surface area is 97.5 Å². The van der Waals surface area contributed by atoms with Crippen molar-refractivity contribution in [2.45, 2.75) is 12.1 Å². The Bertz CT molecular complexity index is 481. The van der Waals surface area contributed by atoms with Crippen LogP contribution in [0.15, 0.2) is 18.2 Å². The molecule has 8 heteroatoms. The van der Waals surface area contributed by atoms with E-state index < -0.39 is 41.0 Å². The number of hydrogen-bond donors (Lipinski definition) is 2. The minimum absolute atomic E-state index is 0.260. The highest BCUT2D eigenvalue weighted by Crippen LogP contribution is 2.35. The number of carboxylic acid groups (broad SMARTS) is 2. The fraction of sp³-hybridized carbons (Fsp3) is 0.200. The number of halogens is 4. The molecule has 18 heavy (non-hydrogen) atoms. The summed E-state index contributed by atoms with van der Waals surface area (Å²) in [5, 5.41) is 17.2. The van der Waals surface area contributed by atoms with Crippen molar-refractivity contribution in [1.82, 2.24) is 0 Å². The van der Waals surface area contributed by atoms with E-state index >= 15 is 0 Å². The Balaban J connectivity index is 3.50. The third-order valence-corrected chi connectivity index (χ3v) is 2.12. The van der Waals surface area contributed by atoms with E-state index in [1.807, 2.05) is 0 Å². The zero-order chi connectivity index (χ0) is 14.1. The van der Waals surface area contributed by atoms with Crippen molar-refractivity contribution < 1.29 is 37.4 Å². The molecule has 4 nitrogen and oxygen atoms in total. The van der Waals surface area contributed by atoms with Gasteiger partial charge in [-0.3, -0.25) is 9.59 Å². The molecule has 0 saturated heterocycles. The summed E-state index contributed by atoms with van der Waals surface area (Å²) in [6.07, 6.45) is -4.97. The minimum Gasteiger partial charge on any atom is -0.480 e. The maximum absolute atomic E-state index is 12.9. The van der Waals surface area contributed by atoms with Gasteiger partial charge in [-0.2, -0.15) is 13.2 Å². The van der Waals surface area contributed by atoms with Crippen molar-refractivity contribution in [1.29, 1.82) is 0 Å². The lowest BCUT2D eigenvalue weighted by Gasteiger charge is -2.15. The summed E-state index contributed by atoms with van der Waals surface area (Å²) < 4.78 is 50.5. The third kappa shape index (κ3) is 2.76. The smallest absolute Gasteiger partial charge is 0.416 e. The van der Waals surface area contributed by atoms with E-state index in [9.17, 15) is 27.2 Å². The molecule has 0 saturated carbocycles. The molecule has 0 amide bonds. The molecular formula is C10H6F4O4. The summed E-state index contributed by atoms with van der Waals surface area (Å²) in [7, 11) is 0. The lowest BCUT2D eigenvalue weighted by Crippen LogP contribution is -2.24. The van der Waals surface area contributed by atoms with E-state index in [1.165, 1.54) is 0 Å². The Morgan fingerprint density at radius 1 is 1.11 bits per heavy atom. The SMILES string of the molecule is O=C(O)C(C(=O)O)c1cc(F)ccc1C(F)(F)F. The van der Waals surface area contributed by atoms with Crippen molar-refractivity contribution in [2.75, 3.05) is 0 Å². The van der Waals surface area contributed by atoms with E-state index in [4.69, 9.17) is 10.2 Å². The van der Waals surface area contributed by atoms with E-state index in [1.54, 1.807) is 0 Å². The van der Waals surface area contributed by atoms with Gasteiger partial charge in [0, 0.05) is 0 Å². The predicted octanol–water partition coefficient (Wildman–Crippen LogP) is 2.10. The van der Waals surface area contributed by atoms with Gasteiger partial charge in [-0.05, 0) is 23.8 Å². The molecule has 1 aromatic rings. The first-order valence-corrected chi connectivity index (χ1v) is 4.47. The lowest BCUT2D eigenvalue weighted by atomic mass is 9.94. The molecule has 0 unspecified atom stereocenters. The molecular weight excluding hydrogens is 260 g/mol. The number of carbonyl (C=O) groups is 2. The average Bonchev–Trinajstić information content (AvgIpc) is 2.13. The number of carboxylic acids is 2. The second-order valence-electron chi connectivity index (χ2n) is 3.34. The molecule has 0 fully saturated rings. The first-order valence-electron chi connectivity index (χ1n) is 4.47. The molecule has 0 aliphatic carbocycles. The molecule has 0 aromatic heterocycles. The van der Waals surface area contributed by atoms with Gasteiger partial charge >= 0.3 is 18.1 Å². The van der Waals surface area contributed by atoms with Crippen LogP contribution in [-0.2, 0) is 15.8 Å². The fourth-order valence-electron chi connectivity index (χ4n) is 1.40. The van der Waals surface area contributed by atoms with Gasteiger partial charge < -0.3 is 10.2 Å². The largest absolute Gasteiger partial charge is 0.480 e. The highest BCUT2D eigenvalue weighted by Gasteiger charge is 2.40. The standard InChI is InChI=1S/C10H6F4O4/c11-4-1-2-6(10(12,13)14)5(3-4)7(8(15)16)9(17)18/h1-3,7H,(H,15,16)(H,17,18). The molecule has 2 N–H and O–H groups in total. The highest BCUT2D eigenvalue weighted by atomic mass is 19.4. The zero-order valence-electron chi connectivity index (χ0n) is 8.53. The monoisotopic (exact) mass is 266 g/mol. The van der Waals surface area contributed by atoms with Crippen LogP contribution >= 0.6 is 0 Å². The number of aliphatic carboxylic acids is 2. The predicted molar refractivity (Wildman–Crippen MR) is 49.4 cm³/mol. The Kier molecular flexibility index (Phi) is 3.59. The molecule has 0 aliphatic rings. The van der Waals surface area contributed by atoms with Crippen LogP contribution in [0.2, 0.25) is 0 Å². The van der Waals surface area contributed by atoms with Crippen molar-refractivity contribution in [3.05, 3.63) is 35.1 Å². The van der Waals surface area contributed by atoms with Gasteiger partial charge in [-0.1, -0.05) is 0 Å². The van der Waals surface area contributed by atoms with E-state index in [-0.39, 0.29) is 6.07 Å². The Morgan fingerprint density at radius 2 is 1.61 bits per heavy atom. The maximum atomic E-state index is 12.9. The van der Waals surface area contributed by atoms with Crippen molar-refractivity contribution in [2.24, 2.45) is 0 Å². The van der Waals surface area contributed by atoms with Crippen molar-refractivity contribution in [3.63, 3.8) is 0 Å². The summed E-state index contributed by atoms with van der Waals surface area (Å²) in [5.74, 6) is -7.62. The van der Waals surface area contributed by atoms with Crippen LogP contribution in [0.4, 0.5) is 17.6 Å². The van der Waals surface area contributed by atoms with Gasteiger partial charge in [0.25, 0.3) is 0 Å². The highest BCUT2D eigenvalue weighted by molar-refractivity contribution is 5.99. The number of hydrogen-bond acceptors (Lipinski definition) is 2. The quantitative estimate of drug-likeness (QED) is 0.649. The van der Waals surface area contributed by atoms with Gasteiger partial charge in [0.1, 0.15) is 5.82 Å². The van der Waals surface area contributed by atoms with Crippen LogP contribution in [0.25, 0.3) is 0 Å². The number of benzene rings is 1. The maximum Gasteiger partial charge on any atom is 0.416 e. The van der Waals surface area contributed by atoms with Crippen LogP contribution in [0.1, 0.15) is 17.0 Å². The molecule has 98 valence electrons. The molecule has 0 aliphatic heterocycles. The number of alkyl halides is 3. The summed E-state index contributed by atoms with van der Waals surface area (Å²) >= 11 is 0. The van der Waals surface area contributed by atoms with Crippen LogP contribution in [0.5, 0.6) is 0 Å². The second-order valence-corrected chi connectivity index (χ2v) is 3.34. The second kappa shape index (κ2) is 4.63. The van der Waals surface area contributed by atoms with Gasteiger partial charge in [-0.15, -0.1) is 0 Å².